The summed E-state index contributed by atoms with van der Waals surface area (Å²) in [4.78, 5) is 27.5. The molecular formula is C20H22N2O3. The Balaban J connectivity index is 1.79. The highest BCUT2D eigenvalue weighted by Gasteiger charge is 2.63. The lowest BCUT2D eigenvalue weighted by molar-refractivity contribution is -0.138. The maximum Gasteiger partial charge on any atom is 0.335 e. The molecule has 0 amide bonds. The van der Waals surface area contributed by atoms with Crippen LogP contribution in [-0.4, -0.2) is 42.9 Å². The molecule has 1 aliphatic carbocycles. The second-order valence-electron chi connectivity index (χ2n) is 7.74. The molecule has 0 unspecified atom stereocenters. The Morgan fingerprint density at radius 2 is 2.12 bits per heavy atom. The summed E-state index contributed by atoms with van der Waals surface area (Å²) in [6.45, 7) is 3.37. The molecule has 4 atom stereocenters. The number of nitrogens with one attached hydrogen (secondary N) is 1. The second-order valence-corrected chi connectivity index (χ2v) is 7.74. The fraction of sp³-hybridized carbons (Fsp3) is 0.500. The first-order valence-electron chi connectivity index (χ1n) is 9.02. The van der Waals surface area contributed by atoms with Crippen molar-refractivity contribution in [3.8, 4) is 0 Å². The summed E-state index contributed by atoms with van der Waals surface area (Å²) in [5.74, 6) is -0.293. The Hall–Kier alpha value is -2.14. The monoisotopic (exact) mass is 338 g/mol. The van der Waals surface area contributed by atoms with E-state index in [1.165, 1.54) is 12.7 Å². The van der Waals surface area contributed by atoms with Gasteiger partial charge in [-0.2, -0.15) is 0 Å². The van der Waals surface area contributed by atoms with E-state index in [9.17, 15) is 9.59 Å². The number of ketones is 1. The van der Waals surface area contributed by atoms with E-state index in [0.717, 1.165) is 37.3 Å². The summed E-state index contributed by atoms with van der Waals surface area (Å²) >= 11 is 0. The SMILES string of the molecule is COC(=O)C1=C2Nc3ccccc3[C@]23CCN2C[C@@H](C(C)=O)[C@H]1C[C@@H]23. The molecule has 2 saturated heterocycles. The Morgan fingerprint density at radius 3 is 2.88 bits per heavy atom. The molecule has 0 aromatic heterocycles. The molecule has 2 bridgehead atoms. The van der Waals surface area contributed by atoms with Gasteiger partial charge in [-0.1, -0.05) is 18.2 Å². The molecule has 2 fully saturated rings. The topological polar surface area (TPSA) is 58.6 Å². The molecule has 5 nitrogen and oxygen atoms in total. The van der Waals surface area contributed by atoms with Gasteiger partial charge in [0.05, 0.1) is 18.1 Å². The van der Waals surface area contributed by atoms with Crippen LogP contribution in [0.4, 0.5) is 5.69 Å². The summed E-state index contributed by atoms with van der Waals surface area (Å²) in [5, 5.41) is 3.55. The van der Waals surface area contributed by atoms with Crippen LogP contribution >= 0.6 is 0 Å². The van der Waals surface area contributed by atoms with Gasteiger partial charge in [0.15, 0.2) is 0 Å². The minimum Gasteiger partial charge on any atom is -0.466 e. The molecule has 3 aliphatic heterocycles. The summed E-state index contributed by atoms with van der Waals surface area (Å²) in [7, 11) is 1.43. The molecule has 1 aromatic rings. The quantitative estimate of drug-likeness (QED) is 0.837. The highest BCUT2D eigenvalue weighted by molar-refractivity contribution is 5.95. The molecule has 1 N–H and O–H groups in total. The van der Waals surface area contributed by atoms with Gasteiger partial charge in [-0.25, -0.2) is 4.79 Å². The van der Waals surface area contributed by atoms with Crippen LogP contribution in [0.25, 0.3) is 0 Å². The maximum absolute atomic E-state index is 12.8. The number of para-hydroxylation sites is 1. The fourth-order valence-electron chi connectivity index (χ4n) is 5.86. The number of nitrogens with zero attached hydrogens (tertiary/aromatic N) is 1. The van der Waals surface area contributed by atoms with Crippen molar-refractivity contribution < 1.29 is 14.3 Å². The van der Waals surface area contributed by atoms with Crippen molar-refractivity contribution in [3.63, 3.8) is 0 Å². The zero-order chi connectivity index (χ0) is 17.3. The normalized spacial score (nSPS) is 35.0. The molecular weight excluding hydrogens is 316 g/mol. The first kappa shape index (κ1) is 15.1. The number of fused-ring (bicyclic) bond motifs is 2. The molecule has 1 aromatic carbocycles. The average Bonchev–Trinajstić information content (AvgIpc) is 3.17. The maximum atomic E-state index is 12.8. The molecule has 5 heteroatoms. The van der Waals surface area contributed by atoms with Crippen LogP contribution in [-0.2, 0) is 19.7 Å². The van der Waals surface area contributed by atoms with Crippen LogP contribution < -0.4 is 5.32 Å². The predicted octanol–water partition coefficient (Wildman–Crippen LogP) is 2.09. The smallest absolute Gasteiger partial charge is 0.335 e. The second kappa shape index (κ2) is 4.94. The van der Waals surface area contributed by atoms with E-state index in [-0.39, 0.29) is 29.0 Å². The predicted molar refractivity (Wildman–Crippen MR) is 93.0 cm³/mol. The molecule has 5 rings (SSSR count). The molecule has 1 spiro atoms. The number of carbonyl (C=O) groups excluding carboxylic acids is 2. The minimum atomic E-state index is -0.287. The molecule has 0 radical (unpaired) electrons. The van der Waals surface area contributed by atoms with Crippen molar-refractivity contribution in [1.29, 1.82) is 0 Å². The van der Waals surface area contributed by atoms with Crippen LogP contribution in [0.1, 0.15) is 25.3 Å². The van der Waals surface area contributed by atoms with Gasteiger partial charge in [-0.05, 0) is 37.9 Å². The van der Waals surface area contributed by atoms with Gasteiger partial charge in [0.2, 0.25) is 0 Å². The number of Topliss-reactive ketones (excluding diaryl/α,β-unsaturated/α-hetero) is 1. The first-order chi connectivity index (χ1) is 12.1. The van der Waals surface area contributed by atoms with Crippen molar-refractivity contribution >= 4 is 17.4 Å². The van der Waals surface area contributed by atoms with E-state index in [1.54, 1.807) is 6.92 Å². The molecule has 4 aliphatic rings. The van der Waals surface area contributed by atoms with Crippen molar-refractivity contribution in [3.05, 3.63) is 41.1 Å². The fourth-order valence-corrected chi connectivity index (χ4v) is 5.86. The summed E-state index contributed by atoms with van der Waals surface area (Å²) in [6.07, 6.45) is 1.84. The van der Waals surface area contributed by atoms with Crippen LogP contribution in [0, 0.1) is 11.8 Å². The average molecular weight is 338 g/mol. The highest BCUT2D eigenvalue weighted by Crippen LogP contribution is 2.61. The van der Waals surface area contributed by atoms with Gasteiger partial charge in [0.25, 0.3) is 0 Å². The lowest BCUT2D eigenvalue weighted by atomic mass is 9.60. The van der Waals surface area contributed by atoms with E-state index in [2.05, 4.69) is 28.4 Å². The highest BCUT2D eigenvalue weighted by atomic mass is 16.5. The van der Waals surface area contributed by atoms with E-state index >= 15 is 0 Å². The Morgan fingerprint density at radius 1 is 1.32 bits per heavy atom. The van der Waals surface area contributed by atoms with Crippen LogP contribution in [0.2, 0.25) is 0 Å². The van der Waals surface area contributed by atoms with Crippen molar-refractivity contribution in [2.45, 2.75) is 31.2 Å². The number of methoxy groups -OCH3 is 1. The number of ether oxygens (including phenoxy) is 1. The third-order valence-corrected chi connectivity index (χ3v) is 6.88. The summed E-state index contributed by atoms with van der Waals surface area (Å²) in [5.41, 5.74) is 3.93. The number of anilines is 1. The number of benzene rings is 1. The minimum absolute atomic E-state index is 0.0470. The number of hydrogen-bond donors (Lipinski definition) is 1. The van der Waals surface area contributed by atoms with E-state index in [1.807, 2.05) is 6.07 Å². The Labute approximate surface area is 147 Å². The Bertz CT molecular complexity index is 830. The van der Waals surface area contributed by atoms with Gasteiger partial charge >= 0.3 is 5.97 Å². The van der Waals surface area contributed by atoms with Crippen LogP contribution in [0.15, 0.2) is 35.5 Å². The van der Waals surface area contributed by atoms with Gasteiger partial charge in [0, 0.05) is 35.8 Å². The van der Waals surface area contributed by atoms with E-state index < -0.39 is 0 Å². The summed E-state index contributed by atoms with van der Waals surface area (Å²) in [6, 6.07) is 8.72. The van der Waals surface area contributed by atoms with Crippen molar-refractivity contribution in [1.82, 2.24) is 4.90 Å². The number of esters is 1. The molecule has 0 saturated carbocycles. The van der Waals surface area contributed by atoms with Gasteiger partial charge in [-0.3, -0.25) is 9.69 Å². The zero-order valence-electron chi connectivity index (χ0n) is 14.5. The third-order valence-electron chi connectivity index (χ3n) is 6.88. The largest absolute Gasteiger partial charge is 0.466 e. The molecule has 3 heterocycles. The van der Waals surface area contributed by atoms with Gasteiger partial charge < -0.3 is 10.1 Å². The molecule has 130 valence electrons. The Kier molecular flexibility index (Phi) is 2.99. The number of hydrogen-bond acceptors (Lipinski definition) is 5. The van der Waals surface area contributed by atoms with Crippen molar-refractivity contribution in [2.75, 3.05) is 25.5 Å². The van der Waals surface area contributed by atoms with Crippen LogP contribution in [0.3, 0.4) is 0 Å². The summed E-state index contributed by atoms with van der Waals surface area (Å²) < 4.78 is 5.16. The van der Waals surface area contributed by atoms with Gasteiger partial charge in [0.1, 0.15) is 5.78 Å². The lowest BCUT2D eigenvalue weighted by Gasteiger charge is -2.50. The lowest BCUT2D eigenvalue weighted by Crippen LogP contribution is -2.56. The van der Waals surface area contributed by atoms with Gasteiger partial charge in [-0.15, -0.1) is 0 Å². The van der Waals surface area contributed by atoms with E-state index in [0.29, 0.717) is 11.6 Å². The zero-order valence-corrected chi connectivity index (χ0v) is 14.5. The first-order valence-corrected chi connectivity index (χ1v) is 9.02. The number of piperidine rings is 1. The standard InChI is InChI=1S/C20H22N2O3/c1-11(23)13-10-22-8-7-20-14-5-3-4-6-15(14)21-18(20)17(19(24)25-2)12(13)9-16(20)22/h3-6,12-13,16,21H,7-10H2,1-2H3/t12-,13+,16-,20+/m1/s1. The molecule has 25 heavy (non-hydrogen) atoms. The van der Waals surface area contributed by atoms with Crippen LogP contribution in [0.5, 0.6) is 0 Å². The van der Waals surface area contributed by atoms with Crippen molar-refractivity contribution in [2.24, 2.45) is 11.8 Å². The number of rotatable bonds is 2. The van der Waals surface area contributed by atoms with E-state index in [4.69, 9.17) is 4.74 Å². The third kappa shape index (κ3) is 1.72. The number of carbonyl (C=O) groups is 2.